The van der Waals surface area contributed by atoms with Crippen LogP contribution in [0, 0.1) is 0 Å². The molecule has 1 amide bonds. The van der Waals surface area contributed by atoms with E-state index in [-0.39, 0.29) is 11.9 Å². The van der Waals surface area contributed by atoms with Crippen molar-refractivity contribution < 1.29 is 24.2 Å². The van der Waals surface area contributed by atoms with E-state index in [4.69, 9.17) is 9.47 Å². The first-order valence-electron chi connectivity index (χ1n) is 5.18. The van der Waals surface area contributed by atoms with Gasteiger partial charge in [-0.2, -0.15) is 0 Å². The summed E-state index contributed by atoms with van der Waals surface area (Å²) in [7, 11) is 0. The maximum Gasteiger partial charge on any atom is 0.302 e. The van der Waals surface area contributed by atoms with Crippen molar-refractivity contribution in [2.24, 2.45) is 0 Å². The predicted molar refractivity (Wildman–Crippen MR) is 54.3 cm³/mol. The molecule has 6 nitrogen and oxygen atoms in total. The second-order valence-electron chi connectivity index (χ2n) is 3.91. The minimum Gasteiger partial charge on any atom is -0.460 e. The van der Waals surface area contributed by atoms with Gasteiger partial charge >= 0.3 is 5.97 Å². The molecule has 0 aromatic carbocycles. The van der Waals surface area contributed by atoms with Crippen LogP contribution in [0.4, 0.5) is 0 Å². The molecule has 0 bridgehead atoms. The summed E-state index contributed by atoms with van der Waals surface area (Å²) in [5, 5.41) is 12.0. The number of nitrogens with one attached hydrogen (secondary N) is 1. The van der Waals surface area contributed by atoms with E-state index >= 15 is 0 Å². The van der Waals surface area contributed by atoms with Gasteiger partial charge in [-0.05, 0) is 6.92 Å². The molecule has 1 saturated heterocycles. The number of rotatable bonds is 3. The summed E-state index contributed by atoms with van der Waals surface area (Å²) in [4.78, 5) is 21.7. The highest BCUT2D eigenvalue weighted by Crippen LogP contribution is 2.23. The van der Waals surface area contributed by atoms with Gasteiger partial charge in [0.25, 0.3) is 0 Å². The van der Waals surface area contributed by atoms with Crippen LogP contribution in [-0.4, -0.2) is 41.5 Å². The Morgan fingerprint density at radius 1 is 1.50 bits per heavy atom. The number of esters is 1. The van der Waals surface area contributed by atoms with Gasteiger partial charge in [0.15, 0.2) is 6.29 Å². The van der Waals surface area contributed by atoms with Gasteiger partial charge in [-0.1, -0.05) is 0 Å². The fourth-order valence-electron chi connectivity index (χ4n) is 1.85. The van der Waals surface area contributed by atoms with E-state index < -0.39 is 24.5 Å². The molecule has 0 aromatic heterocycles. The van der Waals surface area contributed by atoms with Crippen LogP contribution in [0.3, 0.4) is 0 Å². The van der Waals surface area contributed by atoms with Crippen molar-refractivity contribution >= 4 is 11.9 Å². The zero-order valence-electron chi connectivity index (χ0n) is 9.60. The number of ether oxygens (including phenoxy) is 2. The average Bonchev–Trinajstić information content (AvgIpc) is 2.44. The minimum atomic E-state index is -0.931. The Kier molecular flexibility index (Phi) is 4.26. The Morgan fingerprint density at radius 3 is 2.62 bits per heavy atom. The van der Waals surface area contributed by atoms with Gasteiger partial charge in [0.05, 0.1) is 6.04 Å². The molecule has 4 atom stereocenters. The first-order chi connectivity index (χ1) is 7.40. The standard InChI is InChI=1S/C10H17NO5/c1-5(15-7(3)13)10-8(11-6(2)12)4-9(14)16-10/h5,8-10,14H,4H2,1-3H3,(H,11,12)/t5-,8+,9+,10-/m1/s1. The Hall–Kier alpha value is -1.14. The first-order valence-corrected chi connectivity index (χ1v) is 5.18. The van der Waals surface area contributed by atoms with Crippen molar-refractivity contribution in [3.8, 4) is 0 Å². The third-order valence-corrected chi connectivity index (χ3v) is 2.37. The summed E-state index contributed by atoms with van der Waals surface area (Å²) >= 11 is 0. The molecule has 16 heavy (non-hydrogen) atoms. The molecule has 0 aromatic rings. The van der Waals surface area contributed by atoms with Gasteiger partial charge in [0, 0.05) is 20.3 Å². The number of amides is 1. The molecule has 6 heteroatoms. The lowest BCUT2D eigenvalue weighted by atomic mass is 10.1. The molecule has 0 saturated carbocycles. The molecule has 92 valence electrons. The van der Waals surface area contributed by atoms with Crippen LogP contribution in [0.2, 0.25) is 0 Å². The van der Waals surface area contributed by atoms with Crippen LogP contribution in [0.1, 0.15) is 27.2 Å². The van der Waals surface area contributed by atoms with Gasteiger partial charge < -0.3 is 19.9 Å². The summed E-state index contributed by atoms with van der Waals surface area (Å²) in [5.74, 6) is -0.623. The second kappa shape index (κ2) is 5.27. The topological polar surface area (TPSA) is 84.9 Å². The molecular formula is C10H17NO5. The smallest absolute Gasteiger partial charge is 0.302 e. The van der Waals surface area contributed by atoms with E-state index in [2.05, 4.69) is 5.32 Å². The number of carbonyl (C=O) groups excluding carboxylic acids is 2. The number of hydrogen-bond acceptors (Lipinski definition) is 5. The molecule has 1 rings (SSSR count). The van der Waals surface area contributed by atoms with E-state index in [1.165, 1.54) is 13.8 Å². The van der Waals surface area contributed by atoms with Crippen molar-refractivity contribution in [1.82, 2.24) is 5.32 Å². The summed E-state index contributed by atoms with van der Waals surface area (Å²) in [5.41, 5.74) is 0. The van der Waals surface area contributed by atoms with E-state index in [0.717, 1.165) is 0 Å². The monoisotopic (exact) mass is 231 g/mol. The Balaban J connectivity index is 2.61. The van der Waals surface area contributed by atoms with Crippen LogP contribution >= 0.6 is 0 Å². The number of carbonyl (C=O) groups is 2. The molecule has 0 unspecified atom stereocenters. The van der Waals surface area contributed by atoms with Crippen LogP contribution in [-0.2, 0) is 19.1 Å². The number of aliphatic hydroxyl groups is 1. The Morgan fingerprint density at radius 2 is 2.12 bits per heavy atom. The summed E-state index contributed by atoms with van der Waals surface area (Å²) in [6.45, 7) is 4.35. The van der Waals surface area contributed by atoms with Gasteiger partial charge in [-0.15, -0.1) is 0 Å². The van der Waals surface area contributed by atoms with E-state index in [1.54, 1.807) is 6.92 Å². The molecule has 1 aliphatic rings. The molecule has 1 aliphatic heterocycles. The quantitative estimate of drug-likeness (QED) is 0.643. The zero-order valence-corrected chi connectivity index (χ0v) is 9.60. The fraction of sp³-hybridized carbons (Fsp3) is 0.800. The van der Waals surface area contributed by atoms with Crippen molar-refractivity contribution in [3.05, 3.63) is 0 Å². The van der Waals surface area contributed by atoms with Gasteiger partial charge in [-0.25, -0.2) is 0 Å². The predicted octanol–water partition coefficient (Wildman–Crippen LogP) is -0.450. The van der Waals surface area contributed by atoms with Crippen LogP contribution in [0.5, 0.6) is 0 Å². The molecule has 1 fully saturated rings. The second-order valence-corrected chi connectivity index (χ2v) is 3.91. The van der Waals surface area contributed by atoms with E-state index in [9.17, 15) is 14.7 Å². The lowest BCUT2D eigenvalue weighted by Crippen LogP contribution is -2.45. The minimum absolute atomic E-state index is 0.206. The lowest BCUT2D eigenvalue weighted by Gasteiger charge is -2.24. The van der Waals surface area contributed by atoms with Gasteiger partial charge in [-0.3, -0.25) is 9.59 Å². The van der Waals surface area contributed by atoms with Crippen LogP contribution in [0.25, 0.3) is 0 Å². The maximum atomic E-state index is 10.9. The van der Waals surface area contributed by atoms with Crippen molar-refractivity contribution in [3.63, 3.8) is 0 Å². The Bertz CT molecular complexity index is 280. The molecule has 1 heterocycles. The summed E-state index contributed by atoms with van der Waals surface area (Å²) in [6, 6.07) is -0.332. The Labute approximate surface area is 93.9 Å². The lowest BCUT2D eigenvalue weighted by molar-refractivity contribution is -0.162. The molecule has 0 radical (unpaired) electrons. The van der Waals surface area contributed by atoms with E-state index in [1.807, 2.05) is 0 Å². The maximum absolute atomic E-state index is 10.9. The molecule has 2 N–H and O–H groups in total. The van der Waals surface area contributed by atoms with E-state index in [0.29, 0.717) is 6.42 Å². The van der Waals surface area contributed by atoms with Gasteiger partial charge in [0.1, 0.15) is 12.2 Å². The summed E-state index contributed by atoms with van der Waals surface area (Å²) < 4.78 is 10.2. The highest BCUT2D eigenvalue weighted by Gasteiger charge is 2.39. The van der Waals surface area contributed by atoms with Gasteiger partial charge in [0.2, 0.25) is 5.91 Å². The van der Waals surface area contributed by atoms with Crippen molar-refractivity contribution in [1.29, 1.82) is 0 Å². The fourth-order valence-corrected chi connectivity index (χ4v) is 1.85. The third-order valence-electron chi connectivity index (χ3n) is 2.37. The highest BCUT2D eigenvalue weighted by molar-refractivity contribution is 5.73. The molecular weight excluding hydrogens is 214 g/mol. The van der Waals surface area contributed by atoms with Crippen LogP contribution < -0.4 is 5.32 Å². The highest BCUT2D eigenvalue weighted by atomic mass is 16.6. The van der Waals surface area contributed by atoms with Crippen LogP contribution in [0.15, 0.2) is 0 Å². The first kappa shape index (κ1) is 12.9. The summed E-state index contributed by atoms with van der Waals surface area (Å²) in [6.07, 6.45) is -1.65. The normalized spacial score (nSPS) is 30.9. The van der Waals surface area contributed by atoms with Crippen molar-refractivity contribution in [2.75, 3.05) is 0 Å². The molecule has 0 spiro atoms. The average molecular weight is 231 g/mol. The molecule has 0 aliphatic carbocycles. The number of hydrogen-bond donors (Lipinski definition) is 2. The zero-order chi connectivity index (χ0) is 12.3. The SMILES string of the molecule is CC(=O)N[C@H]1C[C@@H](O)O[C@@H]1[C@@H](C)OC(C)=O. The third kappa shape index (κ3) is 3.46. The largest absolute Gasteiger partial charge is 0.460 e. The number of aliphatic hydroxyl groups excluding tert-OH is 1. The van der Waals surface area contributed by atoms with Crippen molar-refractivity contribution in [2.45, 2.75) is 51.7 Å².